The van der Waals surface area contributed by atoms with Gasteiger partial charge in [-0.05, 0) is 23.6 Å². The molecule has 1 unspecified atom stereocenters. The van der Waals surface area contributed by atoms with E-state index in [0.29, 0.717) is 12.1 Å². The molecule has 0 radical (unpaired) electrons. The van der Waals surface area contributed by atoms with Crippen LogP contribution in [-0.4, -0.2) is 33.8 Å². The largest absolute Gasteiger partial charge is 0.506 e. The zero-order valence-corrected chi connectivity index (χ0v) is 13.0. The smallest absolute Gasteiger partial charge is 0.244 e. The molecule has 0 aromatic carbocycles. The summed E-state index contributed by atoms with van der Waals surface area (Å²) in [4.78, 5) is 15.6. The quantitative estimate of drug-likeness (QED) is 0.700. The standard InChI is InChI=1S/C16H24N2O3/c1-11(2)15(21)16(3,4)10-18-14(20)6-5-12-7-13(19)9-17-8-12/h5-9,11,15,19,21H,10H2,1-4H3,(H,18,20)/b6-5+. The number of aliphatic hydroxyl groups is 1. The molecule has 1 aromatic heterocycles. The van der Waals surface area contributed by atoms with E-state index < -0.39 is 11.5 Å². The lowest BCUT2D eigenvalue weighted by molar-refractivity contribution is -0.117. The van der Waals surface area contributed by atoms with Crippen molar-refractivity contribution < 1.29 is 15.0 Å². The molecular formula is C16H24N2O3. The summed E-state index contributed by atoms with van der Waals surface area (Å²) in [5.74, 6) is -0.0630. The van der Waals surface area contributed by atoms with Crippen LogP contribution in [0.15, 0.2) is 24.5 Å². The first-order valence-corrected chi connectivity index (χ1v) is 7.00. The molecule has 3 N–H and O–H groups in total. The molecule has 21 heavy (non-hydrogen) atoms. The van der Waals surface area contributed by atoms with E-state index in [1.807, 2.05) is 27.7 Å². The number of aromatic nitrogens is 1. The number of amides is 1. The molecule has 1 heterocycles. The molecule has 0 aliphatic heterocycles. The van der Waals surface area contributed by atoms with Crippen molar-refractivity contribution >= 4 is 12.0 Å². The maximum atomic E-state index is 11.8. The number of carbonyl (C=O) groups is 1. The third kappa shape index (κ3) is 5.55. The van der Waals surface area contributed by atoms with E-state index >= 15 is 0 Å². The number of rotatable bonds is 6. The van der Waals surface area contributed by atoms with E-state index in [1.54, 1.807) is 12.3 Å². The van der Waals surface area contributed by atoms with E-state index in [0.717, 1.165) is 0 Å². The number of nitrogens with one attached hydrogen (secondary N) is 1. The first-order chi connectivity index (χ1) is 9.72. The number of nitrogens with zero attached hydrogens (tertiary/aromatic N) is 1. The van der Waals surface area contributed by atoms with Crippen LogP contribution in [0.3, 0.4) is 0 Å². The van der Waals surface area contributed by atoms with Gasteiger partial charge in [-0.2, -0.15) is 0 Å². The lowest BCUT2D eigenvalue weighted by Gasteiger charge is -2.33. The van der Waals surface area contributed by atoms with Gasteiger partial charge in [0, 0.05) is 24.2 Å². The molecule has 0 aliphatic rings. The average molecular weight is 292 g/mol. The minimum absolute atomic E-state index is 0.0544. The molecule has 1 rings (SSSR count). The van der Waals surface area contributed by atoms with Crippen molar-refractivity contribution in [2.45, 2.75) is 33.8 Å². The SMILES string of the molecule is CC(C)C(O)C(C)(C)CNC(=O)/C=C/c1cncc(O)c1. The molecular weight excluding hydrogens is 268 g/mol. The molecule has 1 atom stereocenters. The van der Waals surface area contributed by atoms with E-state index in [2.05, 4.69) is 10.3 Å². The highest BCUT2D eigenvalue weighted by Crippen LogP contribution is 2.25. The lowest BCUT2D eigenvalue weighted by Crippen LogP contribution is -2.43. The molecule has 0 fully saturated rings. The van der Waals surface area contributed by atoms with Crippen molar-refractivity contribution in [2.75, 3.05) is 6.54 Å². The molecule has 0 saturated heterocycles. The van der Waals surface area contributed by atoms with Gasteiger partial charge < -0.3 is 15.5 Å². The number of pyridine rings is 1. The fourth-order valence-electron chi connectivity index (χ4n) is 2.09. The van der Waals surface area contributed by atoms with E-state index in [9.17, 15) is 15.0 Å². The van der Waals surface area contributed by atoms with Gasteiger partial charge >= 0.3 is 0 Å². The molecule has 0 aliphatic carbocycles. The van der Waals surface area contributed by atoms with E-state index in [4.69, 9.17) is 0 Å². The Balaban J connectivity index is 2.55. The Kier molecular flexibility index (Phi) is 5.90. The molecule has 0 spiro atoms. The summed E-state index contributed by atoms with van der Waals surface area (Å²) < 4.78 is 0. The molecule has 5 heteroatoms. The van der Waals surface area contributed by atoms with Crippen molar-refractivity contribution in [1.82, 2.24) is 10.3 Å². The minimum atomic E-state index is -0.489. The summed E-state index contributed by atoms with van der Waals surface area (Å²) in [6.07, 6.45) is 5.35. The fraction of sp³-hybridized carbons (Fsp3) is 0.500. The second-order valence-electron chi connectivity index (χ2n) is 6.21. The highest BCUT2D eigenvalue weighted by molar-refractivity contribution is 5.91. The summed E-state index contributed by atoms with van der Waals surface area (Å²) in [6.45, 7) is 8.11. The van der Waals surface area contributed by atoms with Crippen LogP contribution in [0.25, 0.3) is 6.08 Å². The van der Waals surface area contributed by atoms with Crippen LogP contribution < -0.4 is 5.32 Å². The predicted octanol–water partition coefficient (Wildman–Crippen LogP) is 1.96. The Morgan fingerprint density at radius 1 is 1.43 bits per heavy atom. The van der Waals surface area contributed by atoms with E-state index in [1.165, 1.54) is 18.3 Å². The number of hydrogen-bond acceptors (Lipinski definition) is 4. The number of aromatic hydroxyl groups is 1. The van der Waals surface area contributed by atoms with Gasteiger partial charge in [0.05, 0.1) is 12.3 Å². The zero-order valence-electron chi connectivity index (χ0n) is 13.0. The van der Waals surface area contributed by atoms with Gasteiger partial charge in [-0.1, -0.05) is 27.7 Å². The fourth-order valence-corrected chi connectivity index (χ4v) is 2.09. The van der Waals surface area contributed by atoms with Crippen molar-refractivity contribution in [2.24, 2.45) is 11.3 Å². The molecule has 1 amide bonds. The molecule has 5 nitrogen and oxygen atoms in total. The van der Waals surface area contributed by atoms with Crippen LogP contribution in [0.4, 0.5) is 0 Å². The van der Waals surface area contributed by atoms with Crippen molar-refractivity contribution in [3.05, 3.63) is 30.1 Å². The molecule has 0 bridgehead atoms. The third-order valence-corrected chi connectivity index (χ3v) is 3.32. The van der Waals surface area contributed by atoms with Gasteiger partial charge in [0.2, 0.25) is 5.91 Å². The first-order valence-electron chi connectivity index (χ1n) is 7.00. The Morgan fingerprint density at radius 3 is 2.67 bits per heavy atom. The van der Waals surface area contributed by atoms with Gasteiger partial charge in [-0.3, -0.25) is 9.78 Å². The van der Waals surface area contributed by atoms with Gasteiger partial charge in [-0.25, -0.2) is 0 Å². The van der Waals surface area contributed by atoms with Crippen LogP contribution in [0.1, 0.15) is 33.3 Å². The van der Waals surface area contributed by atoms with Crippen LogP contribution in [0.2, 0.25) is 0 Å². The van der Waals surface area contributed by atoms with Crippen molar-refractivity contribution in [1.29, 1.82) is 0 Å². The molecule has 1 aromatic rings. The number of aliphatic hydroxyl groups excluding tert-OH is 1. The Morgan fingerprint density at radius 2 is 2.10 bits per heavy atom. The summed E-state index contributed by atoms with van der Waals surface area (Å²) in [5, 5.41) is 22.2. The zero-order chi connectivity index (χ0) is 16.0. The normalized spacial score (nSPS) is 13.6. The Hall–Kier alpha value is -1.88. The van der Waals surface area contributed by atoms with Crippen molar-refractivity contribution in [3.63, 3.8) is 0 Å². The monoisotopic (exact) mass is 292 g/mol. The summed E-state index contributed by atoms with van der Waals surface area (Å²) in [7, 11) is 0. The number of hydrogen-bond donors (Lipinski definition) is 3. The first kappa shape index (κ1) is 17.2. The van der Waals surface area contributed by atoms with Gasteiger partial charge in [-0.15, -0.1) is 0 Å². The van der Waals surface area contributed by atoms with Crippen LogP contribution >= 0.6 is 0 Å². The van der Waals surface area contributed by atoms with E-state index in [-0.39, 0.29) is 17.6 Å². The summed E-state index contributed by atoms with van der Waals surface area (Å²) in [5.41, 5.74) is 0.246. The second-order valence-corrected chi connectivity index (χ2v) is 6.21. The summed E-state index contributed by atoms with van der Waals surface area (Å²) in [6, 6.07) is 1.52. The second kappa shape index (κ2) is 7.22. The van der Waals surface area contributed by atoms with Gasteiger partial charge in [0.1, 0.15) is 5.75 Å². The Bertz CT molecular complexity index is 510. The maximum Gasteiger partial charge on any atom is 0.244 e. The van der Waals surface area contributed by atoms with Crippen LogP contribution in [-0.2, 0) is 4.79 Å². The molecule has 0 saturated carbocycles. The topological polar surface area (TPSA) is 82.5 Å². The molecule has 116 valence electrons. The maximum absolute atomic E-state index is 11.8. The lowest BCUT2D eigenvalue weighted by atomic mass is 9.81. The number of carbonyl (C=O) groups excluding carboxylic acids is 1. The Labute approximate surface area is 125 Å². The van der Waals surface area contributed by atoms with Crippen LogP contribution in [0, 0.1) is 11.3 Å². The average Bonchev–Trinajstić information content (AvgIpc) is 2.42. The third-order valence-electron chi connectivity index (χ3n) is 3.32. The van der Waals surface area contributed by atoms with Gasteiger partial charge in [0.25, 0.3) is 0 Å². The predicted molar refractivity (Wildman–Crippen MR) is 82.6 cm³/mol. The summed E-state index contributed by atoms with van der Waals surface area (Å²) >= 11 is 0. The van der Waals surface area contributed by atoms with Crippen LogP contribution in [0.5, 0.6) is 5.75 Å². The van der Waals surface area contributed by atoms with Gasteiger partial charge in [0.15, 0.2) is 0 Å². The van der Waals surface area contributed by atoms with Crippen molar-refractivity contribution in [3.8, 4) is 5.75 Å². The minimum Gasteiger partial charge on any atom is -0.506 e. The highest BCUT2D eigenvalue weighted by atomic mass is 16.3. The highest BCUT2D eigenvalue weighted by Gasteiger charge is 2.30.